The fourth-order valence-corrected chi connectivity index (χ4v) is 0.736. The summed E-state index contributed by atoms with van der Waals surface area (Å²) in [5, 5.41) is 11.8. The molecule has 9 heavy (non-hydrogen) atoms. The zero-order chi connectivity index (χ0) is 7.44. The lowest BCUT2D eigenvalue weighted by Gasteiger charge is -2.18. The smallest absolute Gasteiger partial charge is 0.0720 e. The standard InChI is InChI=1S/C6H14N2O/c1-4(7)6(8-3)5(2)9/h5-6,8-9H,1,7H2,2-3H3. The van der Waals surface area contributed by atoms with Crippen LogP contribution in [0.2, 0.25) is 0 Å². The van der Waals surface area contributed by atoms with Crippen LogP contribution in [0.3, 0.4) is 0 Å². The minimum atomic E-state index is -0.479. The highest BCUT2D eigenvalue weighted by molar-refractivity contribution is 5.01. The Balaban J connectivity index is 3.83. The lowest BCUT2D eigenvalue weighted by molar-refractivity contribution is 0.163. The molecule has 0 saturated carbocycles. The number of hydrogen-bond acceptors (Lipinski definition) is 3. The average molecular weight is 130 g/mol. The van der Waals surface area contributed by atoms with Crippen molar-refractivity contribution in [2.24, 2.45) is 5.73 Å². The Kier molecular flexibility index (Phi) is 3.27. The van der Waals surface area contributed by atoms with Crippen LogP contribution in [-0.2, 0) is 0 Å². The van der Waals surface area contributed by atoms with E-state index < -0.39 is 6.10 Å². The van der Waals surface area contributed by atoms with E-state index in [1.165, 1.54) is 0 Å². The van der Waals surface area contributed by atoms with Gasteiger partial charge in [0, 0.05) is 5.70 Å². The van der Waals surface area contributed by atoms with Gasteiger partial charge in [-0.05, 0) is 14.0 Å². The molecule has 0 aliphatic rings. The van der Waals surface area contributed by atoms with Gasteiger partial charge in [-0.15, -0.1) is 0 Å². The summed E-state index contributed by atoms with van der Waals surface area (Å²) in [5.41, 5.74) is 5.80. The Morgan fingerprint density at radius 1 is 1.78 bits per heavy atom. The predicted molar refractivity (Wildman–Crippen MR) is 37.9 cm³/mol. The molecule has 2 atom stereocenters. The van der Waals surface area contributed by atoms with Gasteiger partial charge in [0.1, 0.15) is 0 Å². The number of nitrogens with two attached hydrogens (primary N) is 1. The minimum absolute atomic E-state index is 0.190. The Bertz CT molecular complexity index is 101. The van der Waals surface area contributed by atoms with Gasteiger partial charge in [-0.1, -0.05) is 6.58 Å². The summed E-state index contributed by atoms with van der Waals surface area (Å²) in [6, 6.07) is -0.190. The fraction of sp³-hybridized carbons (Fsp3) is 0.667. The van der Waals surface area contributed by atoms with E-state index in [-0.39, 0.29) is 6.04 Å². The predicted octanol–water partition coefficient (Wildman–Crippen LogP) is -0.572. The van der Waals surface area contributed by atoms with Crippen LogP contribution in [0.5, 0.6) is 0 Å². The Hall–Kier alpha value is -0.540. The molecular weight excluding hydrogens is 116 g/mol. The van der Waals surface area contributed by atoms with Gasteiger partial charge >= 0.3 is 0 Å². The Labute approximate surface area is 55.6 Å². The second kappa shape index (κ2) is 3.48. The minimum Gasteiger partial charge on any atom is -0.401 e. The molecule has 0 bridgehead atoms. The van der Waals surface area contributed by atoms with Crippen molar-refractivity contribution >= 4 is 0 Å². The summed E-state index contributed by atoms with van der Waals surface area (Å²) >= 11 is 0. The third kappa shape index (κ3) is 2.49. The lowest BCUT2D eigenvalue weighted by Crippen LogP contribution is -2.39. The second-order valence-electron chi connectivity index (χ2n) is 2.08. The Morgan fingerprint density at radius 2 is 2.22 bits per heavy atom. The van der Waals surface area contributed by atoms with Crippen molar-refractivity contribution in [2.45, 2.75) is 19.1 Å². The zero-order valence-corrected chi connectivity index (χ0v) is 5.89. The molecule has 0 radical (unpaired) electrons. The van der Waals surface area contributed by atoms with Crippen LogP contribution < -0.4 is 11.1 Å². The summed E-state index contributed by atoms with van der Waals surface area (Å²) in [7, 11) is 1.73. The second-order valence-corrected chi connectivity index (χ2v) is 2.08. The van der Waals surface area contributed by atoms with E-state index in [2.05, 4.69) is 11.9 Å². The van der Waals surface area contributed by atoms with Crippen LogP contribution >= 0.6 is 0 Å². The van der Waals surface area contributed by atoms with Crippen LogP contribution in [0.1, 0.15) is 6.92 Å². The molecule has 0 aromatic heterocycles. The quantitative estimate of drug-likeness (QED) is 0.479. The molecule has 2 unspecified atom stereocenters. The van der Waals surface area contributed by atoms with Gasteiger partial charge in [0.15, 0.2) is 0 Å². The van der Waals surface area contributed by atoms with E-state index in [0.717, 1.165) is 0 Å². The third-order valence-electron chi connectivity index (χ3n) is 1.19. The number of nitrogens with one attached hydrogen (secondary N) is 1. The van der Waals surface area contributed by atoms with E-state index in [4.69, 9.17) is 10.8 Å². The van der Waals surface area contributed by atoms with Crippen molar-refractivity contribution < 1.29 is 5.11 Å². The van der Waals surface area contributed by atoms with E-state index in [1.807, 2.05) is 0 Å². The Morgan fingerprint density at radius 3 is 2.22 bits per heavy atom. The highest BCUT2D eigenvalue weighted by atomic mass is 16.3. The number of aliphatic hydroxyl groups is 1. The van der Waals surface area contributed by atoms with E-state index in [0.29, 0.717) is 5.70 Å². The molecule has 0 aromatic carbocycles. The summed E-state index contributed by atoms with van der Waals surface area (Å²) in [6.45, 7) is 5.17. The van der Waals surface area contributed by atoms with Crippen molar-refractivity contribution in [3.63, 3.8) is 0 Å². The van der Waals surface area contributed by atoms with Crippen molar-refractivity contribution in [1.29, 1.82) is 0 Å². The molecular formula is C6H14N2O. The topological polar surface area (TPSA) is 58.3 Å². The number of likely N-dealkylation sites (N-methyl/N-ethyl adjacent to an activating group) is 1. The van der Waals surface area contributed by atoms with Gasteiger partial charge in [0.05, 0.1) is 12.1 Å². The third-order valence-corrected chi connectivity index (χ3v) is 1.19. The van der Waals surface area contributed by atoms with Crippen LogP contribution in [0, 0.1) is 0 Å². The first kappa shape index (κ1) is 8.46. The molecule has 0 aromatic rings. The number of rotatable bonds is 3. The molecule has 3 heteroatoms. The molecule has 0 fully saturated rings. The number of hydrogen-bond donors (Lipinski definition) is 3. The van der Waals surface area contributed by atoms with Gasteiger partial charge in [0.2, 0.25) is 0 Å². The van der Waals surface area contributed by atoms with E-state index >= 15 is 0 Å². The van der Waals surface area contributed by atoms with Gasteiger partial charge < -0.3 is 16.2 Å². The van der Waals surface area contributed by atoms with Crippen molar-refractivity contribution in [3.05, 3.63) is 12.3 Å². The SMILES string of the molecule is C=C(N)C(NC)C(C)O. The molecule has 0 amide bonds. The van der Waals surface area contributed by atoms with Crippen LogP contribution in [0.25, 0.3) is 0 Å². The molecule has 3 nitrogen and oxygen atoms in total. The summed E-state index contributed by atoms with van der Waals surface area (Å²) in [5.74, 6) is 0. The highest BCUT2D eigenvalue weighted by Gasteiger charge is 2.12. The summed E-state index contributed by atoms with van der Waals surface area (Å²) < 4.78 is 0. The van der Waals surface area contributed by atoms with Crippen LogP contribution in [-0.4, -0.2) is 24.3 Å². The fourth-order valence-electron chi connectivity index (χ4n) is 0.736. The average Bonchev–Trinajstić information content (AvgIpc) is 1.64. The number of aliphatic hydroxyl groups excluding tert-OH is 1. The van der Waals surface area contributed by atoms with E-state index in [1.54, 1.807) is 14.0 Å². The molecule has 0 aliphatic heterocycles. The largest absolute Gasteiger partial charge is 0.401 e. The van der Waals surface area contributed by atoms with Gasteiger partial charge in [-0.2, -0.15) is 0 Å². The van der Waals surface area contributed by atoms with Crippen molar-refractivity contribution in [3.8, 4) is 0 Å². The first-order valence-corrected chi connectivity index (χ1v) is 2.89. The zero-order valence-electron chi connectivity index (χ0n) is 5.89. The highest BCUT2D eigenvalue weighted by Crippen LogP contribution is 1.96. The molecule has 0 spiro atoms. The van der Waals surface area contributed by atoms with Crippen molar-refractivity contribution in [2.75, 3.05) is 7.05 Å². The lowest BCUT2D eigenvalue weighted by atomic mass is 10.1. The molecule has 4 N–H and O–H groups in total. The summed E-state index contributed by atoms with van der Waals surface area (Å²) in [4.78, 5) is 0. The first-order chi connectivity index (χ1) is 4.09. The van der Waals surface area contributed by atoms with Crippen molar-refractivity contribution in [1.82, 2.24) is 5.32 Å². The van der Waals surface area contributed by atoms with Gasteiger partial charge in [-0.3, -0.25) is 0 Å². The first-order valence-electron chi connectivity index (χ1n) is 2.89. The molecule has 0 rings (SSSR count). The molecule has 0 heterocycles. The normalized spacial score (nSPS) is 16.8. The van der Waals surface area contributed by atoms with Crippen LogP contribution in [0.4, 0.5) is 0 Å². The van der Waals surface area contributed by atoms with E-state index in [9.17, 15) is 0 Å². The van der Waals surface area contributed by atoms with Crippen LogP contribution in [0.15, 0.2) is 12.3 Å². The molecule has 0 saturated heterocycles. The maximum atomic E-state index is 8.98. The molecule has 0 aliphatic carbocycles. The van der Waals surface area contributed by atoms with Gasteiger partial charge in [-0.25, -0.2) is 0 Å². The summed E-state index contributed by atoms with van der Waals surface area (Å²) in [6.07, 6.45) is -0.479. The maximum Gasteiger partial charge on any atom is 0.0720 e. The monoisotopic (exact) mass is 130 g/mol. The molecule has 54 valence electrons. The van der Waals surface area contributed by atoms with Gasteiger partial charge in [0.25, 0.3) is 0 Å². The maximum absolute atomic E-state index is 8.98.